The van der Waals surface area contributed by atoms with Gasteiger partial charge in [-0.2, -0.15) is 0 Å². The van der Waals surface area contributed by atoms with Gasteiger partial charge in [0.1, 0.15) is 0 Å². The molecule has 4 heteroatoms. The molecule has 0 unspecified atom stereocenters. The predicted molar refractivity (Wildman–Crippen MR) is 126 cm³/mol. The summed E-state index contributed by atoms with van der Waals surface area (Å²) in [7, 11) is 0. The SMILES string of the molecule is CC1=CCC(c2ccc3ccccc3[c]2[Ti+2][O]C(c2ccccc2)c2ccccc2)=C1.[Cl-].[Cl-]. The van der Waals surface area contributed by atoms with Crippen molar-refractivity contribution in [2.24, 2.45) is 0 Å². The molecule has 0 fully saturated rings. The number of hydrogen-bond acceptors (Lipinski definition) is 1. The average Bonchev–Trinajstić information content (AvgIpc) is 3.26. The monoisotopic (exact) mass is 506 g/mol. The van der Waals surface area contributed by atoms with Gasteiger partial charge >= 0.3 is 194 Å². The topological polar surface area (TPSA) is 9.23 Å². The minimum Gasteiger partial charge on any atom is -1.00 e. The average molecular weight is 507 g/mol. The molecule has 0 saturated heterocycles. The molecule has 0 N–H and O–H groups in total. The molecule has 1 aliphatic carbocycles. The van der Waals surface area contributed by atoms with Crippen LogP contribution in [0, 0.1) is 0 Å². The second kappa shape index (κ2) is 11.8. The van der Waals surface area contributed by atoms with Gasteiger partial charge in [-0.1, -0.05) is 0 Å². The molecule has 4 aromatic carbocycles. The Morgan fingerprint density at radius 3 is 1.94 bits per heavy atom. The van der Waals surface area contributed by atoms with Crippen LogP contribution in [-0.4, -0.2) is 0 Å². The Bertz CT molecular complexity index is 1230. The maximum atomic E-state index is 6.82. The van der Waals surface area contributed by atoms with Gasteiger partial charge in [0.2, 0.25) is 0 Å². The zero-order valence-electron chi connectivity index (χ0n) is 18.3. The van der Waals surface area contributed by atoms with Crippen LogP contribution in [0.4, 0.5) is 0 Å². The summed E-state index contributed by atoms with van der Waals surface area (Å²) in [6.45, 7) is 2.18. The predicted octanol–water partition coefficient (Wildman–Crippen LogP) is 1.01. The third kappa shape index (κ3) is 5.69. The molecule has 33 heavy (non-hydrogen) atoms. The zero-order chi connectivity index (χ0) is 21.0. The van der Waals surface area contributed by atoms with E-state index in [-0.39, 0.29) is 30.9 Å². The number of halogens is 2. The second-order valence-corrected chi connectivity index (χ2v) is 9.42. The van der Waals surface area contributed by atoms with Gasteiger partial charge in [-0.3, -0.25) is 0 Å². The minimum absolute atomic E-state index is 0. The third-order valence-electron chi connectivity index (χ3n) is 5.80. The molecule has 164 valence electrons. The first-order valence-electron chi connectivity index (χ1n) is 10.7. The van der Waals surface area contributed by atoms with E-state index < -0.39 is 19.5 Å². The van der Waals surface area contributed by atoms with Crippen molar-refractivity contribution in [2.45, 2.75) is 19.4 Å². The molecule has 1 aliphatic rings. The van der Waals surface area contributed by atoms with Crippen molar-refractivity contribution < 1.29 is 47.7 Å². The van der Waals surface area contributed by atoms with E-state index in [4.69, 9.17) is 3.32 Å². The summed E-state index contributed by atoms with van der Waals surface area (Å²) < 4.78 is 8.21. The van der Waals surface area contributed by atoms with E-state index in [1.54, 1.807) is 0 Å². The molecule has 0 aliphatic heterocycles. The molecule has 0 amide bonds. The van der Waals surface area contributed by atoms with Gasteiger partial charge in [-0.05, 0) is 0 Å². The van der Waals surface area contributed by atoms with Crippen molar-refractivity contribution in [1.82, 2.24) is 0 Å². The molecule has 0 spiro atoms. The van der Waals surface area contributed by atoms with E-state index in [9.17, 15) is 0 Å². The van der Waals surface area contributed by atoms with Crippen molar-refractivity contribution in [3.63, 3.8) is 0 Å². The molecule has 1 nitrogen and oxygen atoms in total. The maximum Gasteiger partial charge on any atom is -1.00 e. The molecule has 4 aromatic rings. The van der Waals surface area contributed by atoms with E-state index in [0.717, 1.165) is 6.42 Å². The van der Waals surface area contributed by atoms with Crippen LogP contribution in [0.2, 0.25) is 0 Å². The quantitative estimate of drug-likeness (QED) is 0.355. The molecule has 0 aromatic heterocycles. The van der Waals surface area contributed by atoms with Crippen molar-refractivity contribution in [3.05, 3.63) is 131 Å². The van der Waals surface area contributed by atoms with Crippen LogP contribution in [-0.2, 0) is 22.9 Å². The summed E-state index contributed by atoms with van der Waals surface area (Å²) in [6, 6.07) is 34.4. The molecule has 0 saturated carbocycles. The summed E-state index contributed by atoms with van der Waals surface area (Å²) in [5, 5.41) is 2.61. The summed E-state index contributed by atoms with van der Waals surface area (Å²) in [4.78, 5) is 0. The Labute approximate surface area is 217 Å². The first kappa shape index (κ1) is 25.5. The normalized spacial score (nSPS) is 12.4. The molecule has 0 radical (unpaired) electrons. The molecule has 5 rings (SSSR count). The van der Waals surface area contributed by atoms with E-state index in [0.29, 0.717) is 0 Å². The smallest absolute Gasteiger partial charge is 1.00 e. The molecular formula is C29H24Cl2OTi. The number of rotatable bonds is 6. The van der Waals surface area contributed by atoms with Crippen molar-refractivity contribution >= 4 is 20.2 Å². The van der Waals surface area contributed by atoms with Crippen molar-refractivity contribution in [3.8, 4) is 0 Å². The van der Waals surface area contributed by atoms with Gasteiger partial charge in [0.05, 0.1) is 0 Å². The Kier molecular flexibility index (Phi) is 9.14. The van der Waals surface area contributed by atoms with Crippen LogP contribution in [0.25, 0.3) is 16.3 Å². The van der Waals surface area contributed by atoms with Gasteiger partial charge in [-0.25, -0.2) is 0 Å². The number of allylic oxidation sites excluding steroid dienone is 4. The summed E-state index contributed by atoms with van der Waals surface area (Å²) in [5.74, 6) is 0. The largest absolute Gasteiger partial charge is 1.00 e. The zero-order valence-corrected chi connectivity index (χ0v) is 21.4. The van der Waals surface area contributed by atoms with Crippen LogP contribution >= 0.6 is 0 Å². The molecule has 0 atom stereocenters. The summed E-state index contributed by atoms with van der Waals surface area (Å²) in [6.07, 6.45) is 5.59. The number of benzene rings is 4. The third-order valence-corrected chi connectivity index (χ3v) is 7.52. The fraction of sp³-hybridized carbons (Fsp3) is 0.103. The molecule has 0 bridgehead atoms. The number of fused-ring (bicyclic) bond motifs is 1. The van der Waals surface area contributed by atoms with E-state index >= 15 is 0 Å². The summed E-state index contributed by atoms with van der Waals surface area (Å²) in [5.41, 5.74) is 6.52. The summed E-state index contributed by atoms with van der Waals surface area (Å²) >= 11 is -0.855. The van der Waals surface area contributed by atoms with E-state index in [2.05, 4.69) is 116 Å². The van der Waals surface area contributed by atoms with E-state index in [1.165, 1.54) is 42.5 Å². The van der Waals surface area contributed by atoms with Gasteiger partial charge < -0.3 is 24.8 Å². The minimum atomic E-state index is -0.855. The first-order valence-corrected chi connectivity index (χ1v) is 12.1. The maximum absolute atomic E-state index is 6.82. The Morgan fingerprint density at radius 2 is 1.33 bits per heavy atom. The Balaban J connectivity index is 0.00000153. The van der Waals surface area contributed by atoms with Crippen molar-refractivity contribution in [2.75, 3.05) is 0 Å². The van der Waals surface area contributed by atoms with Gasteiger partial charge in [0, 0.05) is 0 Å². The fourth-order valence-corrected chi connectivity index (χ4v) is 6.08. The van der Waals surface area contributed by atoms with Crippen LogP contribution in [0.5, 0.6) is 0 Å². The van der Waals surface area contributed by atoms with Crippen LogP contribution < -0.4 is 28.7 Å². The van der Waals surface area contributed by atoms with Crippen molar-refractivity contribution in [1.29, 1.82) is 0 Å². The Morgan fingerprint density at radius 1 is 0.727 bits per heavy atom. The van der Waals surface area contributed by atoms with Crippen LogP contribution in [0.15, 0.2) is 115 Å². The van der Waals surface area contributed by atoms with E-state index in [1.807, 2.05) is 0 Å². The number of hydrogen-bond donors (Lipinski definition) is 0. The van der Waals surface area contributed by atoms with Gasteiger partial charge in [-0.15, -0.1) is 0 Å². The standard InChI is InChI=1S/C16H13.C13H11O.2ClH.Ti/c1-12-6-7-15(10-12)16-9-8-13-4-2-3-5-14(13)11-16;14-13(11-7-3-1-4-8-11)12-9-5-2-6-10-12;;;/h2-6,8-10H,7H2,1H3;1-10,13H;2*1H;/q;-1;;;+3/p-2. The fourth-order valence-electron chi connectivity index (χ4n) is 4.20. The van der Waals surface area contributed by atoms with Gasteiger partial charge in [0.15, 0.2) is 0 Å². The van der Waals surface area contributed by atoms with Crippen LogP contribution in [0.3, 0.4) is 0 Å². The Hall–Kier alpha value is -2.13. The van der Waals surface area contributed by atoms with Gasteiger partial charge in [0.25, 0.3) is 0 Å². The second-order valence-electron chi connectivity index (χ2n) is 7.95. The molecule has 0 heterocycles. The molecular weight excluding hydrogens is 483 g/mol. The first-order chi connectivity index (χ1) is 15.3. The van der Waals surface area contributed by atoms with Crippen LogP contribution in [0.1, 0.15) is 36.1 Å².